The lowest BCUT2D eigenvalue weighted by Crippen LogP contribution is -2.08. The maximum atomic E-state index is 12.9. The van der Waals surface area contributed by atoms with E-state index >= 15 is 0 Å². The summed E-state index contributed by atoms with van der Waals surface area (Å²) in [5, 5.41) is 20.0. The third-order valence-corrected chi connectivity index (χ3v) is 4.09. The van der Waals surface area contributed by atoms with Gasteiger partial charge in [0.05, 0.1) is 28.4 Å². The molecule has 0 aliphatic rings. The number of hydrogen-bond acceptors (Lipinski definition) is 8. The van der Waals surface area contributed by atoms with Gasteiger partial charge in [0.1, 0.15) is 11.1 Å². The fourth-order valence-corrected chi connectivity index (χ4v) is 2.85. The fraction of sp³-hybridized carbons (Fsp3) is 0.211. The molecule has 142 valence electrons. The summed E-state index contributed by atoms with van der Waals surface area (Å²) >= 11 is 0. The lowest BCUT2D eigenvalue weighted by atomic mass is 10.1. The molecule has 0 amide bonds. The summed E-state index contributed by atoms with van der Waals surface area (Å²) in [5.74, 6) is -0.00803. The van der Waals surface area contributed by atoms with Crippen LogP contribution in [0.3, 0.4) is 0 Å². The summed E-state index contributed by atoms with van der Waals surface area (Å²) < 4.78 is 26.7. The van der Waals surface area contributed by atoms with Gasteiger partial charge >= 0.3 is 0 Å². The van der Waals surface area contributed by atoms with Gasteiger partial charge in [-0.05, 0) is 18.2 Å². The largest absolute Gasteiger partial charge is 0.507 e. The molecule has 2 N–H and O–H groups in total. The number of hydrogen-bond donors (Lipinski definition) is 2. The molecule has 0 bridgehead atoms. The molecule has 1 heterocycles. The van der Waals surface area contributed by atoms with Crippen LogP contribution < -0.4 is 24.4 Å². The normalized spacial score (nSPS) is 10.7. The lowest BCUT2D eigenvalue weighted by Gasteiger charge is -2.14. The molecule has 0 aliphatic heterocycles. The van der Waals surface area contributed by atoms with E-state index in [0.717, 1.165) is 6.07 Å². The van der Waals surface area contributed by atoms with Crippen LogP contribution in [0.2, 0.25) is 0 Å². The summed E-state index contributed by atoms with van der Waals surface area (Å²) in [7, 11) is 5.61. The summed E-state index contributed by atoms with van der Waals surface area (Å²) in [6.07, 6.45) is 0. The second-order valence-corrected chi connectivity index (χ2v) is 5.52. The first-order valence-electron chi connectivity index (χ1n) is 7.82. The maximum absolute atomic E-state index is 12.9. The fourth-order valence-electron chi connectivity index (χ4n) is 2.85. The van der Waals surface area contributed by atoms with E-state index in [1.54, 1.807) is 18.2 Å². The van der Waals surface area contributed by atoms with Crippen LogP contribution in [0.15, 0.2) is 33.5 Å². The van der Waals surface area contributed by atoms with Gasteiger partial charge in [-0.2, -0.15) is 0 Å². The van der Waals surface area contributed by atoms with Crippen molar-refractivity contribution in [3.8, 4) is 45.8 Å². The Bertz CT molecular complexity index is 1070. The van der Waals surface area contributed by atoms with Gasteiger partial charge in [-0.1, -0.05) is 0 Å². The highest BCUT2D eigenvalue weighted by atomic mass is 16.5. The van der Waals surface area contributed by atoms with Crippen LogP contribution in [-0.2, 0) is 0 Å². The minimum Gasteiger partial charge on any atom is -0.507 e. The lowest BCUT2D eigenvalue weighted by molar-refractivity contribution is 0.354. The van der Waals surface area contributed by atoms with E-state index in [4.69, 9.17) is 23.4 Å². The number of rotatable bonds is 5. The summed E-state index contributed by atoms with van der Waals surface area (Å²) in [6.45, 7) is 0. The number of fused-ring (bicyclic) bond motifs is 1. The second kappa shape index (κ2) is 6.99. The smallest absolute Gasteiger partial charge is 0.239 e. The van der Waals surface area contributed by atoms with Gasteiger partial charge < -0.3 is 33.6 Å². The molecule has 1 aromatic heterocycles. The molecule has 27 heavy (non-hydrogen) atoms. The molecule has 8 nitrogen and oxygen atoms in total. The highest BCUT2D eigenvalue weighted by Gasteiger charge is 2.24. The van der Waals surface area contributed by atoms with E-state index < -0.39 is 11.2 Å². The van der Waals surface area contributed by atoms with Crippen LogP contribution in [0, 0.1) is 0 Å². The Morgan fingerprint density at radius 2 is 1.48 bits per heavy atom. The number of aromatic hydroxyl groups is 2. The van der Waals surface area contributed by atoms with Crippen LogP contribution in [0.25, 0.3) is 22.3 Å². The van der Waals surface area contributed by atoms with Gasteiger partial charge in [0, 0.05) is 11.6 Å². The van der Waals surface area contributed by atoms with Crippen molar-refractivity contribution in [1.82, 2.24) is 0 Å². The topological polar surface area (TPSA) is 108 Å². The first-order chi connectivity index (χ1) is 13.0. The summed E-state index contributed by atoms with van der Waals surface area (Å²) in [5.41, 5.74) is -0.252. The number of benzene rings is 2. The third-order valence-electron chi connectivity index (χ3n) is 4.09. The summed E-state index contributed by atoms with van der Waals surface area (Å²) in [6, 6.07) is 5.92. The van der Waals surface area contributed by atoms with Gasteiger partial charge in [0.25, 0.3) is 0 Å². The Hall–Kier alpha value is -3.55. The van der Waals surface area contributed by atoms with E-state index in [0.29, 0.717) is 17.1 Å². The third kappa shape index (κ3) is 2.84. The van der Waals surface area contributed by atoms with Crippen molar-refractivity contribution in [2.24, 2.45) is 0 Å². The molecular weight excluding hydrogens is 356 g/mol. The van der Waals surface area contributed by atoms with Gasteiger partial charge in [-0.3, -0.25) is 4.79 Å². The molecule has 0 saturated heterocycles. The monoisotopic (exact) mass is 374 g/mol. The molecule has 0 radical (unpaired) electrons. The van der Waals surface area contributed by atoms with Crippen molar-refractivity contribution in [1.29, 1.82) is 0 Å². The number of phenolic OH excluding ortho intramolecular Hbond substituents is 2. The highest BCUT2D eigenvalue weighted by Crippen LogP contribution is 2.43. The molecule has 0 spiro atoms. The van der Waals surface area contributed by atoms with Crippen LogP contribution in [0.5, 0.6) is 34.5 Å². The average molecular weight is 374 g/mol. The van der Waals surface area contributed by atoms with Gasteiger partial charge in [0.15, 0.2) is 28.6 Å². The Kier molecular flexibility index (Phi) is 4.72. The number of ether oxygens (including phenoxy) is 4. The number of phenols is 2. The average Bonchev–Trinajstić information content (AvgIpc) is 2.66. The van der Waals surface area contributed by atoms with E-state index in [1.165, 1.54) is 28.4 Å². The Balaban J connectivity index is 2.42. The summed E-state index contributed by atoms with van der Waals surface area (Å²) in [4.78, 5) is 12.9. The Morgan fingerprint density at radius 3 is 2.07 bits per heavy atom. The minimum absolute atomic E-state index is 0.0794. The van der Waals surface area contributed by atoms with E-state index in [9.17, 15) is 15.0 Å². The Morgan fingerprint density at radius 1 is 0.815 bits per heavy atom. The van der Waals surface area contributed by atoms with Gasteiger partial charge in [-0.15, -0.1) is 0 Å². The van der Waals surface area contributed by atoms with Crippen LogP contribution >= 0.6 is 0 Å². The van der Waals surface area contributed by atoms with E-state index in [2.05, 4.69) is 0 Å². The molecule has 0 unspecified atom stereocenters. The van der Waals surface area contributed by atoms with Crippen molar-refractivity contribution in [3.05, 3.63) is 34.5 Å². The zero-order chi connectivity index (χ0) is 19.7. The maximum Gasteiger partial charge on any atom is 0.239 e. The zero-order valence-electron chi connectivity index (χ0n) is 15.2. The van der Waals surface area contributed by atoms with Crippen molar-refractivity contribution in [2.75, 3.05) is 28.4 Å². The van der Waals surface area contributed by atoms with Crippen molar-refractivity contribution < 1.29 is 33.6 Å². The molecule has 0 atom stereocenters. The van der Waals surface area contributed by atoms with Crippen LogP contribution in [0.1, 0.15) is 0 Å². The number of methoxy groups -OCH3 is 4. The molecule has 8 heteroatoms. The molecule has 3 rings (SSSR count). The molecule has 0 aliphatic carbocycles. The van der Waals surface area contributed by atoms with Crippen LogP contribution in [0.4, 0.5) is 0 Å². The first-order valence-corrected chi connectivity index (χ1v) is 7.82. The first kappa shape index (κ1) is 18.2. The Labute approximate surface area is 154 Å². The standard InChI is InChI=1S/C19H18O8/c1-23-12-6-5-9(7-13(12)24-2)16-19(26-4)15(22)14-10(20)8-11(21)17(25-3)18(14)27-16/h5-8,20-21H,1-4H3. The SMILES string of the molecule is COc1ccc(-c2oc3c(OC)c(O)cc(O)c3c(=O)c2OC)cc1OC. The molecule has 2 aromatic carbocycles. The van der Waals surface area contributed by atoms with Crippen molar-refractivity contribution in [2.45, 2.75) is 0 Å². The van der Waals surface area contributed by atoms with E-state index in [1.807, 2.05) is 0 Å². The molecule has 0 saturated carbocycles. The predicted molar refractivity (Wildman–Crippen MR) is 97.5 cm³/mol. The van der Waals surface area contributed by atoms with Crippen molar-refractivity contribution in [3.63, 3.8) is 0 Å². The van der Waals surface area contributed by atoms with E-state index in [-0.39, 0.29) is 34.0 Å². The molecular formula is C19H18O8. The second-order valence-electron chi connectivity index (χ2n) is 5.52. The van der Waals surface area contributed by atoms with Gasteiger partial charge in [-0.25, -0.2) is 0 Å². The molecule has 3 aromatic rings. The predicted octanol–water partition coefficient (Wildman–Crippen LogP) is 2.91. The van der Waals surface area contributed by atoms with Crippen LogP contribution in [-0.4, -0.2) is 38.7 Å². The highest BCUT2D eigenvalue weighted by molar-refractivity contribution is 5.93. The zero-order valence-corrected chi connectivity index (χ0v) is 15.2. The van der Waals surface area contributed by atoms with Gasteiger partial charge in [0.2, 0.25) is 16.9 Å². The molecule has 0 fully saturated rings. The minimum atomic E-state index is -0.612. The quantitative estimate of drug-likeness (QED) is 0.702. The van der Waals surface area contributed by atoms with Crippen molar-refractivity contribution >= 4 is 11.0 Å².